The van der Waals surface area contributed by atoms with Crippen molar-refractivity contribution in [2.45, 2.75) is 25.4 Å². The van der Waals surface area contributed by atoms with Crippen molar-refractivity contribution < 1.29 is 13.7 Å². The van der Waals surface area contributed by atoms with Crippen molar-refractivity contribution in [1.29, 1.82) is 0 Å². The highest BCUT2D eigenvalue weighted by Crippen LogP contribution is 2.43. The van der Waals surface area contributed by atoms with Gasteiger partial charge in [-0.15, -0.1) is 0 Å². The molecule has 7 nitrogen and oxygen atoms in total. The molecule has 2 N–H and O–H groups in total. The Morgan fingerprint density at radius 1 is 1.32 bits per heavy atom. The summed E-state index contributed by atoms with van der Waals surface area (Å²) >= 11 is 0. The van der Waals surface area contributed by atoms with E-state index in [1.165, 1.54) is 6.20 Å². The van der Waals surface area contributed by atoms with Gasteiger partial charge in [-0.1, -0.05) is 17.3 Å². The van der Waals surface area contributed by atoms with Gasteiger partial charge in [0.25, 0.3) is 5.91 Å². The third-order valence-corrected chi connectivity index (χ3v) is 4.88. The number of aromatic nitrogens is 4. The Balaban J connectivity index is 1.40. The van der Waals surface area contributed by atoms with Gasteiger partial charge in [-0.3, -0.25) is 4.79 Å². The standard InChI is InChI=1S/C20H16FN5O2/c1-10-2-3-11(18-25-20(28-26-18)14-8-15(14)21)7-16(10)24-19(27)13-6-12-4-5-22-17(12)23-9-13/h2-7,9,14-15H,8H2,1H3,(H,22,23)(H,24,27)/t14-,15-/m0/s1. The summed E-state index contributed by atoms with van der Waals surface area (Å²) in [4.78, 5) is 24.2. The number of hydrogen-bond acceptors (Lipinski definition) is 5. The van der Waals surface area contributed by atoms with E-state index in [4.69, 9.17) is 4.52 Å². The van der Waals surface area contributed by atoms with Crippen LogP contribution in [0.3, 0.4) is 0 Å². The van der Waals surface area contributed by atoms with E-state index >= 15 is 0 Å². The van der Waals surface area contributed by atoms with E-state index in [0.29, 0.717) is 35.0 Å². The highest BCUT2D eigenvalue weighted by Gasteiger charge is 2.43. The van der Waals surface area contributed by atoms with Gasteiger partial charge >= 0.3 is 0 Å². The van der Waals surface area contributed by atoms with Crippen LogP contribution in [0.5, 0.6) is 0 Å². The van der Waals surface area contributed by atoms with Crippen LogP contribution >= 0.6 is 0 Å². The van der Waals surface area contributed by atoms with E-state index in [1.54, 1.807) is 18.3 Å². The molecule has 0 unspecified atom stereocenters. The van der Waals surface area contributed by atoms with Crippen molar-refractivity contribution in [3.8, 4) is 11.4 Å². The van der Waals surface area contributed by atoms with Crippen molar-refractivity contribution in [3.63, 3.8) is 0 Å². The van der Waals surface area contributed by atoms with Crippen LogP contribution in [0.2, 0.25) is 0 Å². The number of hydrogen-bond donors (Lipinski definition) is 2. The molecule has 0 bridgehead atoms. The van der Waals surface area contributed by atoms with Crippen molar-refractivity contribution >= 4 is 22.6 Å². The summed E-state index contributed by atoms with van der Waals surface area (Å²) in [6.07, 6.45) is 2.84. The number of fused-ring (bicyclic) bond motifs is 1. The van der Waals surface area contributed by atoms with E-state index in [1.807, 2.05) is 25.1 Å². The molecule has 4 aromatic rings. The maximum Gasteiger partial charge on any atom is 0.257 e. The summed E-state index contributed by atoms with van der Waals surface area (Å²) in [5.41, 5.74) is 3.40. The Morgan fingerprint density at radius 2 is 2.18 bits per heavy atom. The van der Waals surface area contributed by atoms with Gasteiger partial charge in [-0.2, -0.15) is 4.98 Å². The topological polar surface area (TPSA) is 96.7 Å². The first-order valence-corrected chi connectivity index (χ1v) is 8.91. The lowest BCUT2D eigenvalue weighted by Crippen LogP contribution is -2.13. The van der Waals surface area contributed by atoms with Crippen LogP contribution in [-0.2, 0) is 0 Å². The van der Waals surface area contributed by atoms with Gasteiger partial charge < -0.3 is 14.8 Å². The third kappa shape index (κ3) is 2.92. The summed E-state index contributed by atoms with van der Waals surface area (Å²) in [6, 6.07) is 9.13. The number of benzene rings is 1. The largest absolute Gasteiger partial charge is 0.346 e. The lowest BCUT2D eigenvalue weighted by molar-refractivity contribution is 0.102. The van der Waals surface area contributed by atoms with E-state index in [0.717, 1.165) is 16.6 Å². The Morgan fingerprint density at radius 3 is 3.00 bits per heavy atom. The SMILES string of the molecule is Cc1ccc(-c2noc([C@H]3C[C@@H]3F)n2)cc1NC(=O)c1cnc2[nH]ccc2c1. The number of pyridine rings is 1. The van der Waals surface area contributed by atoms with Gasteiger partial charge in [0, 0.05) is 29.0 Å². The minimum atomic E-state index is -0.896. The van der Waals surface area contributed by atoms with Gasteiger partial charge in [-0.25, -0.2) is 9.37 Å². The van der Waals surface area contributed by atoms with E-state index in [-0.39, 0.29) is 11.8 Å². The zero-order valence-corrected chi connectivity index (χ0v) is 14.9. The fourth-order valence-corrected chi connectivity index (χ4v) is 3.08. The maximum atomic E-state index is 13.2. The number of nitrogens with one attached hydrogen (secondary N) is 2. The first kappa shape index (κ1) is 16.6. The molecule has 1 fully saturated rings. The highest BCUT2D eigenvalue weighted by molar-refractivity contribution is 6.06. The third-order valence-electron chi connectivity index (χ3n) is 4.88. The Labute approximate surface area is 159 Å². The first-order chi connectivity index (χ1) is 13.6. The fraction of sp³-hybridized carbons (Fsp3) is 0.200. The number of amides is 1. The molecule has 8 heteroatoms. The number of aromatic amines is 1. The molecule has 0 aliphatic heterocycles. The fourth-order valence-electron chi connectivity index (χ4n) is 3.08. The molecule has 0 radical (unpaired) electrons. The number of carbonyl (C=O) groups is 1. The first-order valence-electron chi connectivity index (χ1n) is 8.91. The van der Waals surface area contributed by atoms with Gasteiger partial charge in [0.1, 0.15) is 11.8 Å². The minimum absolute atomic E-state index is 0.261. The van der Waals surface area contributed by atoms with Crippen LogP contribution in [0.4, 0.5) is 10.1 Å². The van der Waals surface area contributed by atoms with Crippen LogP contribution in [0, 0.1) is 6.92 Å². The van der Waals surface area contributed by atoms with E-state index < -0.39 is 6.17 Å². The van der Waals surface area contributed by atoms with Gasteiger partial charge in [-0.05, 0) is 37.1 Å². The van der Waals surface area contributed by atoms with Gasteiger partial charge in [0.05, 0.1) is 11.5 Å². The molecule has 2 atom stereocenters. The zero-order chi connectivity index (χ0) is 19.3. The molecule has 1 aliphatic carbocycles. The summed E-state index contributed by atoms with van der Waals surface area (Å²) in [7, 11) is 0. The number of aryl methyl sites for hydroxylation is 1. The quantitative estimate of drug-likeness (QED) is 0.560. The molecule has 1 aliphatic rings. The molecule has 1 amide bonds. The van der Waals surface area contributed by atoms with E-state index in [9.17, 15) is 9.18 Å². The van der Waals surface area contributed by atoms with Crippen LogP contribution in [-0.4, -0.2) is 32.2 Å². The molecule has 140 valence electrons. The molecule has 28 heavy (non-hydrogen) atoms. The molecule has 5 rings (SSSR count). The minimum Gasteiger partial charge on any atom is -0.346 e. The number of H-pyrrole nitrogens is 1. The summed E-state index contributed by atoms with van der Waals surface area (Å²) in [5.74, 6) is 0.143. The highest BCUT2D eigenvalue weighted by atomic mass is 19.1. The maximum absolute atomic E-state index is 13.2. The molecule has 0 saturated heterocycles. The molecule has 0 spiro atoms. The zero-order valence-electron chi connectivity index (χ0n) is 14.9. The van der Waals surface area contributed by atoms with Gasteiger partial charge in [0.2, 0.25) is 11.7 Å². The van der Waals surface area contributed by atoms with Crippen molar-refractivity contribution in [2.24, 2.45) is 0 Å². The number of carbonyl (C=O) groups excluding carboxylic acids is 1. The predicted molar refractivity (Wildman–Crippen MR) is 101 cm³/mol. The Kier molecular flexibility index (Phi) is 3.71. The number of rotatable bonds is 4. The van der Waals surface area contributed by atoms with Gasteiger partial charge in [0.15, 0.2) is 0 Å². The number of halogens is 1. The second kappa shape index (κ2) is 6.26. The summed E-state index contributed by atoms with van der Waals surface area (Å²) in [5, 5.41) is 7.71. The van der Waals surface area contributed by atoms with Crippen LogP contribution in [0.1, 0.15) is 34.2 Å². The molecule has 3 heterocycles. The summed E-state index contributed by atoms with van der Waals surface area (Å²) in [6.45, 7) is 1.90. The monoisotopic (exact) mass is 377 g/mol. The average molecular weight is 377 g/mol. The van der Waals surface area contributed by atoms with Crippen molar-refractivity contribution in [1.82, 2.24) is 20.1 Å². The molecular formula is C20H16FN5O2. The molecule has 1 saturated carbocycles. The Hall–Kier alpha value is -3.55. The van der Waals surface area contributed by atoms with Crippen molar-refractivity contribution in [2.75, 3.05) is 5.32 Å². The average Bonchev–Trinajstić information content (AvgIpc) is 3.11. The lowest BCUT2D eigenvalue weighted by atomic mass is 10.1. The predicted octanol–water partition coefficient (Wildman–Crippen LogP) is 4.00. The second-order valence-corrected chi connectivity index (χ2v) is 6.94. The second-order valence-electron chi connectivity index (χ2n) is 6.94. The van der Waals surface area contributed by atoms with E-state index in [2.05, 4.69) is 25.4 Å². The van der Waals surface area contributed by atoms with Crippen LogP contribution in [0.25, 0.3) is 22.4 Å². The normalized spacial score (nSPS) is 18.4. The number of alkyl halides is 1. The molecular weight excluding hydrogens is 361 g/mol. The van der Waals surface area contributed by atoms with Crippen LogP contribution < -0.4 is 5.32 Å². The number of nitrogens with zero attached hydrogens (tertiary/aromatic N) is 3. The molecule has 1 aromatic carbocycles. The molecule has 3 aromatic heterocycles. The van der Waals surface area contributed by atoms with Crippen LogP contribution in [0.15, 0.2) is 47.2 Å². The summed E-state index contributed by atoms with van der Waals surface area (Å²) < 4.78 is 18.4. The van der Waals surface area contributed by atoms with Crippen molar-refractivity contribution in [3.05, 3.63) is 59.7 Å². The smallest absolute Gasteiger partial charge is 0.257 e. The number of anilines is 1. The Bertz CT molecular complexity index is 1200. The lowest BCUT2D eigenvalue weighted by Gasteiger charge is -2.09.